The fourth-order valence-corrected chi connectivity index (χ4v) is 1.72. The number of aliphatic carboxylic acids is 1. The van der Waals surface area contributed by atoms with Crippen LogP contribution >= 0.6 is 11.6 Å². The molecule has 0 radical (unpaired) electrons. The first kappa shape index (κ1) is 12.6. The normalized spacial score (nSPS) is 14.4. The summed E-state index contributed by atoms with van der Waals surface area (Å²) in [5.41, 5.74) is 0.533. The highest BCUT2D eigenvalue weighted by Crippen LogP contribution is 2.29. The zero-order valence-corrected chi connectivity index (χ0v) is 10.5. The summed E-state index contributed by atoms with van der Waals surface area (Å²) in [6, 6.07) is 1.22. The Bertz CT molecular complexity index is 565. The summed E-state index contributed by atoms with van der Waals surface area (Å²) in [6.45, 7) is 3.32. The van der Waals surface area contributed by atoms with Crippen molar-refractivity contribution >= 4 is 17.6 Å². The van der Waals surface area contributed by atoms with Gasteiger partial charge in [0.05, 0.1) is 23.8 Å². The molecule has 0 bridgehead atoms. The van der Waals surface area contributed by atoms with Crippen LogP contribution < -0.4 is 0 Å². The molecule has 0 fully saturated rings. The zero-order chi connectivity index (χ0) is 13.3. The van der Waals surface area contributed by atoms with Crippen molar-refractivity contribution in [3.05, 3.63) is 17.5 Å². The Labute approximate surface area is 107 Å². The van der Waals surface area contributed by atoms with Gasteiger partial charge in [0.25, 0.3) is 0 Å². The maximum Gasteiger partial charge on any atom is 0.308 e. The van der Waals surface area contributed by atoms with Gasteiger partial charge in [0.2, 0.25) is 5.22 Å². The second-order valence-electron chi connectivity index (χ2n) is 3.92. The van der Waals surface area contributed by atoms with Crippen molar-refractivity contribution in [2.75, 3.05) is 0 Å². The van der Waals surface area contributed by atoms with Gasteiger partial charge in [-0.25, -0.2) is 4.68 Å². The van der Waals surface area contributed by atoms with Gasteiger partial charge in [-0.3, -0.25) is 4.79 Å². The van der Waals surface area contributed by atoms with Gasteiger partial charge < -0.3 is 9.52 Å². The van der Waals surface area contributed by atoms with E-state index in [9.17, 15) is 4.79 Å². The van der Waals surface area contributed by atoms with Gasteiger partial charge in [-0.05, 0) is 41.9 Å². The lowest BCUT2D eigenvalue weighted by Crippen LogP contribution is -2.23. The molecule has 2 aromatic heterocycles. The van der Waals surface area contributed by atoms with Crippen molar-refractivity contribution in [2.45, 2.75) is 19.9 Å². The molecule has 0 saturated carbocycles. The molecule has 0 spiro atoms. The molecule has 2 atom stereocenters. The Balaban J connectivity index is 2.40. The van der Waals surface area contributed by atoms with Crippen LogP contribution in [0.4, 0.5) is 0 Å². The maximum atomic E-state index is 11.0. The number of carbonyl (C=O) groups is 1. The number of furan rings is 1. The molecule has 8 heteroatoms. The predicted octanol–water partition coefficient (Wildman–Crippen LogP) is 1.87. The van der Waals surface area contributed by atoms with E-state index < -0.39 is 17.9 Å². The Morgan fingerprint density at radius 1 is 1.56 bits per heavy atom. The van der Waals surface area contributed by atoms with Crippen molar-refractivity contribution < 1.29 is 14.3 Å². The van der Waals surface area contributed by atoms with Crippen LogP contribution in [0.5, 0.6) is 0 Å². The number of aromatic nitrogens is 4. The van der Waals surface area contributed by atoms with E-state index in [4.69, 9.17) is 21.1 Å². The Kier molecular flexibility index (Phi) is 3.33. The van der Waals surface area contributed by atoms with Crippen LogP contribution in [0.1, 0.15) is 19.9 Å². The number of carboxylic acid groups (broad SMARTS) is 1. The Morgan fingerprint density at radius 2 is 2.28 bits per heavy atom. The van der Waals surface area contributed by atoms with Gasteiger partial charge in [0, 0.05) is 0 Å². The van der Waals surface area contributed by atoms with Crippen molar-refractivity contribution in [1.82, 2.24) is 20.2 Å². The molecule has 2 aromatic rings. The third-order valence-corrected chi connectivity index (χ3v) is 3.14. The van der Waals surface area contributed by atoms with Gasteiger partial charge in [-0.2, -0.15) is 0 Å². The minimum atomic E-state index is -0.915. The summed E-state index contributed by atoms with van der Waals surface area (Å²) in [5.74, 6) is -1.16. The highest BCUT2D eigenvalue weighted by molar-refractivity contribution is 6.31. The average Bonchev–Trinajstić information content (AvgIpc) is 2.94. The Morgan fingerprint density at radius 3 is 2.83 bits per heavy atom. The van der Waals surface area contributed by atoms with Crippen molar-refractivity contribution in [1.29, 1.82) is 0 Å². The highest BCUT2D eigenvalue weighted by atomic mass is 35.5. The van der Waals surface area contributed by atoms with Crippen LogP contribution in [0.25, 0.3) is 11.4 Å². The third kappa shape index (κ3) is 2.08. The first-order valence-corrected chi connectivity index (χ1v) is 5.64. The van der Waals surface area contributed by atoms with Crippen LogP contribution in [-0.2, 0) is 4.79 Å². The van der Waals surface area contributed by atoms with Crippen LogP contribution in [-0.4, -0.2) is 31.3 Å². The molecule has 0 aromatic carbocycles. The number of tetrazole rings is 1. The molecule has 96 valence electrons. The molecule has 1 N–H and O–H groups in total. The SMILES string of the molecule is CC(C(=O)O)C(C)n1nnnc1-c1ccoc1Cl. The number of carboxylic acids is 1. The van der Waals surface area contributed by atoms with E-state index in [-0.39, 0.29) is 5.22 Å². The second kappa shape index (κ2) is 4.77. The first-order chi connectivity index (χ1) is 8.52. The van der Waals surface area contributed by atoms with E-state index in [0.29, 0.717) is 11.4 Å². The standard InChI is InChI=1S/C10H11ClN4O3/c1-5(10(16)17)6(2)15-9(12-13-14-15)7-3-4-18-8(7)11/h3-6H,1-2H3,(H,16,17). The molecule has 18 heavy (non-hydrogen) atoms. The lowest BCUT2D eigenvalue weighted by Gasteiger charge is -2.16. The lowest BCUT2D eigenvalue weighted by atomic mass is 10.0. The van der Waals surface area contributed by atoms with Gasteiger partial charge in [-0.1, -0.05) is 0 Å². The van der Waals surface area contributed by atoms with E-state index >= 15 is 0 Å². The number of nitrogens with zero attached hydrogens (tertiary/aromatic N) is 4. The topological polar surface area (TPSA) is 94.0 Å². The van der Waals surface area contributed by atoms with Gasteiger partial charge in [0.1, 0.15) is 0 Å². The molecule has 0 amide bonds. The molecule has 2 unspecified atom stereocenters. The van der Waals surface area contributed by atoms with Gasteiger partial charge in [0.15, 0.2) is 5.82 Å². The zero-order valence-electron chi connectivity index (χ0n) is 9.74. The summed E-state index contributed by atoms with van der Waals surface area (Å²) in [6.07, 6.45) is 1.42. The quantitative estimate of drug-likeness (QED) is 0.911. The summed E-state index contributed by atoms with van der Waals surface area (Å²) < 4.78 is 6.40. The molecular formula is C10H11ClN4O3. The van der Waals surface area contributed by atoms with Crippen LogP contribution in [0.2, 0.25) is 5.22 Å². The van der Waals surface area contributed by atoms with E-state index in [2.05, 4.69) is 15.5 Å². The molecular weight excluding hydrogens is 260 g/mol. The monoisotopic (exact) mass is 270 g/mol. The largest absolute Gasteiger partial charge is 0.481 e. The van der Waals surface area contributed by atoms with E-state index in [1.54, 1.807) is 19.9 Å². The van der Waals surface area contributed by atoms with Gasteiger partial charge >= 0.3 is 5.97 Å². The fourth-order valence-electron chi connectivity index (χ4n) is 1.52. The third-order valence-electron chi connectivity index (χ3n) is 2.85. The number of rotatable bonds is 4. The van der Waals surface area contributed by atoms with Crippen molar-refractivity contribution in [3.8, 4) is 11.4 Å². The van der Waals surface area contributed by atoms with Crippen molar-refractivity contribution in [3.63, 3.8) is 0 Å². The van der Waals surface area contributed by atoms with E-state index in [1.807, 2.05) is 0 Å². The minimum absolute atomic E-state index is 0.168. The van der Waals surface area contributed by atoms with Crippen molar-refractivity contribution in [2.24, 2.45) is 5.92 Å². The van der Waals surface area contributed by atoms with E-state index in [1.165, 1.54) is 10.9 Å². The summed E-state index contributed by atoms with van der Waals surface area (Å²) >= 11 is 5.86. The molecule has 0 saturated heterocycles. The predicted molar refractivity (Wildman–Crippen MR) is 62.0 cm³/mol. The fraction of sp³-hybridized carbons (Fsp3) is 0.400. The lowest BCUT2D eigenvalue weighted by molar-refractivity contribution is -0.142. The Hall–Kier alpha value is -1.89. The molecule has 2 heterocycles. The van der Waals surface area contributed by atoms with Crippen LogP contribution in [0, 0.1) is 5.92 Å². The average molecular weight is 271 g/mol. The summed E-state index contributed by atoms with van der Waals surface area (Å²) in [5, 5.41) is 20.4. The van der Waals surface area contributed by atoms with E-state index in [0.717, 1.165) is 0 Å². The number of halogens is 1. The molecule has 2 rings (SSSR count). The minimum Gasteiger partial charge on any atom is -0.481 e. The van der Waals surface area contributed by atoms with Crippen LogP contribution in [0.3, 0.4) is 0 Å². The summed E-state index contributed by atoms with van der Waals surface area (Å²) in [7, 11) is 0. The number of hydrogen-bond acceptors (Lipinski definition) is 5. The second-order valence-corrected chi connectivity index (χ2v) is 4.27. The van der Waals surface area contributed by atoms with Crippen LogP contribution in [0.15, 0.2) is 16.7 Å². The summed E-state index contributed by atoms with van der Waals surface area (Å²) in [4.78, 5) is 11.0. The molecule has 7 nitrogen and oxygen atoms in total. The first-order valence-electron chi connectivity index (χ1n) is 5.26. The maximum absolute atomic E-state index is 11.0. The smallest absolute Gasteiger partial charge is 0.308 e. The number of hydrogen-bond donors (Lipinski definition) is 1. The molecule has 0 aliphatic carbocycles. The van der Waals surface area contributed by atoms with Gasteiger partial charge in [-0.15, -0.1) is 5.10 Å². The molecule has 0 aliphatic rings. The molecule has 0 aliphatic heterocycles. The highest BCUT2D eigenvalue weighted by Gasteiger charge is 2.26.